The molecular weight excluding hydrogens is 272 g/mol. The second-order valence-electron chi connectivity index (χ2n) is 5.30. The van der Waals surface area contributed by atoms with E-state index in [0.29, 0.717) is 12.5 Å². The van der Waals surface area contributed by atoms with Crippen LogP contribution in [0.5, 0.6) is 5.88 Å². The van der Waals surface area contributed by atoms with Crippen molar-refractivity contribution in [3.05, 3.63) is 89.1 Å². The maximum atomic E-state index is 5.64. The molecule has 1 aromatic heterocycles. The third-order valence-corrected chi connectivity index (χ3v) is 3.39. The highest BCUT2D eigenvalue weighted by atomic mass is 16.5. The van der Waals surface area contributed by atoms with Crippen molar-refractivity contribution in [2.45, 2.75) is 20.0 Å². The summed E-state index contributed by atoms with van der Waals surface area (Å²) >= 11 is 0. The Hall–Kier alpha value is -2.68. The maximum Gasteiger partial charge on any atom is 0.233 e. The summed E-state index contributed by atoms with van der Waals surface area (Å²) in [5.41, 5.74) is 4.56. The van der Waals surface area contributed by atoms with Crippen LogP contribution in [0.25, 0.3) is 0 Å². The van der Waals surface area contributed by atoms with Crippen LogP contribution in [-0.4, -0.2) is 10.2 Å². The molecule has 0 aliphatic heterocycles. The van der Waals surface area contributed by atoms with E-state index in [9.17, 15) is 0 Å². The molecule has 0 amide bonds. The Morgan fingerprint density at radius 3 is 2.36 bits per heavy atom. The molecule has 0 aliphatic rings. The van der Waals surface area contributed by atoms with E-state index in [1.54, 1.807) is 0 Å². The van der Waals surface area contributed by atoms with E-state index in [1.165, 1.54) is 11.1 Å². The zero-order chi connectivity index (χ0) is 15.2. The van der Waals surface area contributed by atoms with Crippen LogP contribution in [0.4, 0.5) is 0 Å². The highest BCUT2D eigenvalue weighted by Gasteiger charge is 2.02. The third kappa shape index (κ3) is 3.92. The average molecular weight is 290 g/mol. The van der Waals surface area contributed by atoms with Gasteiger partial charge in [0.15, 0.2) is 0 Å². The van der Waals surface area contributed by atoms with Crippen molar-refractivity contribution >= 4 is 0 Å². The van der Waals surface area contributed by atoms with Crippen LogP contribution >= 0.6 is 0 Å². The van der Waals surface area contributed by atoms with Crippen molar-refractivity contribution in [3.63, 3.8) is 0 Å². The van der Waals surface area contributed by atoms with Gasteiger partial charge in [-0.3, -0.25) is 0 Å². The molecule has 1 heterocycles. The fourth-order valence-electron chi connectivity index (χ4n) is 2.28. The lowest BCUT2D eigenvalue weighted by Crippen LogP contribution is -2.00. The maximum absolute atomic E-state index is 5.64. The summed E-state index contributed by atoms with van der Waals surface area (Å²) in [7, 11) is 0. The van der Waals surface area contributed by atoms with Crippen molar-refractivity contribution in [2.24, 2.45) is 0 Å². The molecule has 0 bridgehead atoms. The number of benzene rings is 2. The first-order valence-electron chi connectivity index (χ1n) is 7.34. The van der Waals surface area contributed by atoms with E-state index in [2.05, 4.69) is 41.4 Å². The molecular formula is C19H18N2O. The van der Waals surface area contributed by atoms with Gasteiger partial charge in [-0.05, 0) is 24.1 Å². The molecule has 0 spiro atoms. The molecule has 0 fully saturated rings. The number of nitrogens with zero attached hydrogens (tertiary/aromatic N) is 2. The van der Waals surface area contributed by atoms with Crippen LogP contribution < -0.4 is 4.74 Å². The predicted octanol–water partition coefficient (Wildman–Crippen LogP) is 3.95. The van der Waals surface area contributed by atoms with Crippen molar-refractivity contribution in [2.75, 3.05) is 0 Å². The molecule has 0 saturated carbocycles. The first-order chi connectivity index (χ1) is 10.8. The SMILES string of the molecule is Cc1cccc(Cc2ccc(OCc3ccccc3)nn2)c1. The number of ether oxygens (including phenoxy) is 1. The van der Waals surface area contributed by atoms with Crippen molar-refractivity contribution in [1.29, 1.82) is 0 Å². The van der Waals surface area contributed by atoms with Crippen molar-refractivity contribution in [3.8, 4) is 5.88 Å². The van der Waals surface area contributed by atoms with Gasteiger partial charge in [0.2, 0.25) is 5.88 Å². The van der Waals surface area contributed by atoms with Gasteiger partial charge >= 0.3 is 0 Å². The lowest BCUT2D eigenvalue weighted by molar-refractivity contribution is 0.290. The summed E-state index contributed by atoms with van der Waals surface area (Å²) in [6.45, 7) is 2.60. The molecule has 110 valence electrons. The Bertz CT molecular complexity index is 724. The quantitative estimate of drug-likeness (QED) is 0.713. The monoisotopic (exact) mass is 290 g/mol. The average Bonchev–Trinajstić information content (AvgIpc) is 2.55. The van der Waals surface area contributed by atoms with Gasteiger partial charge in [-0.15, -0.1) is 5.10 Å². The van der Waals surface area contributed by atoms with Crippen LogP contribution in [0.1, 0.15) is 22.4 Å². The van der Waals surface area contributed by atoms with Crippen LogP contribution in [0.15, 0.2) is 66.7 Å². The Kier molecular flexibility index (Phi) is 4.44. The van der Waals surface area contributed by atoms with Gasteiger partial charge < -0.3 is 4.74 Å². The van der Waals surface area contributed by atoms with Crippen molar-refractivity contribution in [1.82, 2.24) is 10.2 Å². The molecule has 3 aromatic rings. The lowest BCUT2D eigenvalue weighted by atomic mass is 10.1. The van der Waals surface area contributed by atoms with Gasteiger partial charge in [0, 0.05) is 12.5 Å². The predicted molar refractivity (Wildman–Crippen MR) is 86.8 cm³/mol. The van der Waals surface area contributed by atoms with Gasteiger partial charge in [0.05, 0.1) is 5.69 Å². The first kappa shape index (κ1) is 14.3. The van der Waals surface area contributed by atoms with Gasteiger partial charge in [-0.25, -0.2) is 0 Å². The fourth-order valence-corrected chi connectivity index (χ4v) is 2.28. The smallest absolute Gasteiger partial charge is 0.233 e. The standard InChI is InChI=1S/C19H18N2O/c1-15-6-5-9-17(12-15)13-18-10-11-19(21-20-18)22-14-16-7-3-2-4-8-16/h2-12H,13-14H2,1H3. The second-order valence-corrected chi connectivity index (χ2v) is 5.30. The fraction of sp³-hybridized carbons (Fsp3) is 0.158. The van der Waals surface area contributed by atoms with Crippen LogP contribution in [-0.2, 0) is 13.0 Å². The van der Waals surface area contributed by atoms with E-state index in [1.807, 2.05) is 42.5 Å². The van der Waals surface area contributed by atoms with Crippen LogP contribution in [0.3, 0.4) is 0 Å². The number of hydrogen-bond donors (Lipinski definition) is 0. The molecule has 2 aromatic carbocycles. The highest BCUT2D eigenvalue weighted by molar-refractivity contribution is 5.26. The summed E-state index contributed by atoms with van der Waals surface area (Å²) < 4.78 is 5.64. The minimum atomic E-state index is 0.507. The molecule has 0 radical (unpaired) electrons. The van der Waals surface area contributed by atoms with Gasteiger partial charge in [-0.1, -0.05) is 60.2 Å². The zero-order valence-electron chi connectivity index (χ0n) is 12.6. The Morgan fingerprint density at radius 1 is 0.818 bits per heavy atom. The highest BCUT2D eigenvalue weighted by Crippen LogP contribution is 2.12. The third-order valence-electron chi connectivity index (χ3n) is 3.39. The number of hydrogen-bond acceptors (Lipinski definition) is 3. The number of aryl methyl sites for hydroxylation is 1. The molecule has 3 nitrogen and oxygen atoms in total. The molecule has 0 saturated heterocycles. The minimum Gasteiger partial charge on any atom is -0.472 e. The number of aromatic nitrogens is 2. The number of rotatable bonds is 5. The lowest BCUT2D eigenvalue weighted by Gasteiger charge is -2.06. The van der Waals surface area contributed by atoms with E-state index >= 15 is 0 Å². The van der Waals surface area contributed by atoms with E-state index < -0.39 is 0 Å². The van der Waals surface area contributed by atoms with Gasteiger partial charge in [0.1, 0.15) is 6.61 Å². The molecule has 22 heavy (non-hydrogen) atoms. The van der Waals surface area contributed by atoms with Gasteiger partial charge in [0.25, 0.3) is 0 Å². The van der Waals surface area contributed by atoms with E-state index in [4.69, 9.17) is 4.74 Å². The molecule has 0 N–H and O–H groups in total. The normalized spacial score (nSPS) is 10.4. The Morgan fingerprint density at radius 2 is 1.64 bits per heavy atom. The van der Waals surface area contributed by atoms with Crippen LogP contribution in [0.2, 0.25) is 0 Å². The molecule has 0 aliphatic carbocycles. The van der Waals surface area contributed by atoms with E-state index in [-0.39, 0.29) is 0 Å². The summed E-state index contributed by atoms with van der Waals surface area (Å²) in [6.07, 6.45) is 0.785. The largest absolute Gasteiger partial charge is 0.472 e. The Balaban J connectivity index is 1.60. The summed E-state index contributed by atoms with van der Waals surface area (Å²) in [5.74, 6) is 0.553. The van der Waals surface area contributed by atoms with E-state index in [0.717, 1.165) is 17.7 Å². The molecule has 0 atom stereocenters. The summed E-state index contributed by atoms with van der Waals surface area (Å²) in [4.78, 5) is 0. The second kappa shape index (κ2) is 6.85. The topological polar surface area (TPSA) is 35.0 Å². The minimum absolute atomic E-state index is 0.507. The molecule has 3 rings (SSSR count). The Labute approximate surface area is 130 Å². The zero-order valence-corrected chi connectivity index (χ0v) is 12.6. The van der Waals surface area contributed by atoms with Crippen molar-refractivity contribution < 1.29 is 4.74 Å². The first-order valence-corrected chi connectivity index (χ1v) is 7.34. The van der Waals surface area contributed by atoms with Gasteiger partial charge in [-0.2, -0.15) is 5.10 Å². The summed E-state index contributed by atoms with van der Waals surface area (Å²) in [5, 5.41) is 8.38. The summed E-state index contributed by atoms with van der Waals surface area (Å²) in [6, 6.07) is 22.3. The van der Waals surface area contributed by atoms with Crippen LogP contribution in [0, 0.1) is 6.92 Å². The molecule has 0 unspecified atom stereocenters. The molecule has 3 heteroatoms.